The molecule has 0 radical (unpaired) electrons. The number of fused-ring (bicyclic) bond motifs is 2. The van der Waals surface area contributed by atoms with Gasteiger partial charge in [-0.15, -0.1) is 0 Å². The molecule has 4 aromatic carbocycles. The molecule has 210 valence electrons. The largest absolute Gasteiger partial charge is 0.326 e. The Balaban J connectivity index is 1.09. The molecule has 0 aliphatic carbocycles. The third-order valence-corrected chi connectivity index (χ3v) is 8.31. The van der Waals surface area contributed by atoms with Gasteiger partial charge < -0.3 is 9.88 Å². The first-order valence-electron chi connectivity index (χ1n) is 14.2. The van der Waals surface area contributed by atoms with Gasteiger partial charge in [0.05, 0.1) is 21.3 Å². The zero-order chi connectivity index (χ0) is 28.6. The zero-order valence-electron chi connectivity index (χ0n) is 23.0. The minimum Gasteiger partial charge on any atom is -0.321 e. The van der Waals surface area contributed by atoms with Crippen molar-refractivity contribution >= 4 is 28.6 Å². The van der Waals surface area contributed by atoms with E-state index in [1.54, 1.807) is 12.1 Å². The summed E-state index contributed by atoms with van der Waals surface area (Å²) in [5.74, 6) is 0. The van der Waals surface area contributed by atoms with Gasteiger partial charge in [-0.1, -0.05) is 54.6 Å². The van der Waals surface area contributed by atoms with E-state index in [2.05, 4.69) is 39.0 Å². The van der Waals surface area contributed by atoms with Gasteiger partial charge in [-0.05, 0) is 54.3 Å². The standard InChI is InChI=1S/C33H30N6O3/c40-33-35-30-8-4-5-9-31(30)38(33)27-16-18-36(19-17-27)21-23-10-12-24(13-11-23)32-34-29-15-14-28(39(41)42)20-25(29)22-37(32)26-6-2-1-3-7-26/h1-15,20,22,27,32H,16-19,21H2,(H,35,40). The molecule has 5 aromatic rings. The molecule has 1 atom stereocenters. The van der Waals surface area contributed by atoms with E-state index in [9.17, 15) is 14.9 Å². The van der Waals surface area contributed by atoms with Crippen LogP contribution in [0, 0.1) is 10.1 Å². The van der Waals surface area contributed by atoms with Crippen LogP contribution in [0.3, 0.4) is 0 Å². The van der Waals surface area contributed by atoms with E-state index in [4.69, 9.17) is 4.99 Å². The van der Waals surface area contributed by atoms with Crippen molar-refractivity contribution in [2.24, 2.45) is 4.99 Å². The summed E-state index contributed by atoms with van der Waals surface area (Å²) in [6.07, 6.45) is 3.52. The molecule has 0 spiro atoms. The number of piperidine rings is 1. The highest BCUT2D eigenvalue weighted by Gasteiger charge is 2.25. The normalized spacial score (nSPS) is 17.4. The molecule has 3 heterocycles. The van der Waals surface area contributed by atoms with Crippen LogP contribution in [0.2, 0.25) is 0 Å². The zero-order valence-corrected chi connectivity index (χ0v) is 23.0. The number of para-hydroxylation sites is 3. The van der Waals surface area contributed by atoms with Gasteiger partial charge in [0.2, 0.25) is 0 Å². The Hall–Kier alpha value is -5.02. The monoisotopic (exact) mass is 558 g/mol. The summed E-state index contributed by atoms with van der Waals surface area (Å²) >= 11 is 0. The topological polar surface area (TPSA) is 99.8 Å². The van der Waals surface area contributed by atoms with Crippen LogP contribution in [-0.4, -0.2) is 32.5 Å². The van der Waals surface area contributed by atoms with Crippen molar-refractivity contribution < 1.29 is 4.92 Å². The average molecular weight is 559 g/mol. The number of H-pyrrole nitrogens is 1. The molecule has 0 bridgehead atoms. The molecule has 1 fully saturated rings. The number of nitro groups is 1. The van der Waals surface area contributed by atoms with Crippen molar-refractivity contribution in [3.63, 3.8) is 0 Å². The molecule has 9 nitrogen and oxygen atoms in total. The third-order valence-electron chi connectivity index (χ3n) is 8.31. The molecule has 0 saturated carbocycles. The lowest BCUT2D eigenvalue weighted by atomic mass is 10.0. The maximum atomic E-state index is 12.7. The van der Waals surface area contributed by atoms with Crippen LogP contribution >= 0.6 is 0 Å². The van der Waals surface area contributed by atoms with Gasteiger partial charge in [-0.3, -0.25) is 24.6 Å². The molecule has 1 unspecified atom stereocenters. The molecule has 0 amide bonds. The molecule has 7 rings (SSSR count). The highest BCUT2D eigenvalue weighted by atomic mass is 16.6. The Bertz CT molecular complexity index is 1940. The number of nitrogens with one attached hydrogen (secondary N) is 1. The maximum Gasteiger partial charge on any atom is 0.326 e. The molecule has 9 heteroatoms. The predicted molar refractivity (Wildman–Crippen MR) is 163 cm³/mol. The summed E-state index contributed by atoms with van der Waals surface area (Å²) in [6.45, 7) is 2.70. The number of hydrogen-bond acceptors (Lipinski definition) is 6. The number of likely N-dealkylation sites (tertiary alicyclic amines) is 1. The molecule has 2 aliphatic heterocycles. The summed E-state index contributed by atoms with van der Waals surface area (Å²) in [7, 11) is 0. The fraction of sp³-hybridized carbons (Fsp3) is 0.212. The number of nitro benzene ring substituents is 1. The number of aromatic nitrogens is 2. The summed E-state index contributed by atoms with van der Waals surface area (Å²) in [5, 5.41) is 12.8. The van der Waals surface area contributed by atoms with E-state index < -0.39 is 0 Å². The van der Waals surface area contributed by atoms with Crippen molar-refractivity contribution in [2.75, 3.05) is 18.0 Å². The Morgan fingerprint density at radius 3 is 2.40 bits per heavy atom. The highest BCUT2D eigenvalue weighted by molar-refractivity contribution is 5.75. The van der Waals surface area contributed by atoms with Crippen LogP contribution in [0.25, 0.3) is 17.2 Å². The van der Waals surface area contributed by atoms with Gasteiger partial charge in [0.1, 0.15) is 0 Å². The summed E-state index contributed by atoms with van der Waals surface area (Å²) in [4.78, 5) is 36.1. The second kappa shape index (κ2) is 10.8. The van der Waals surface area contributed by atoms with E-state index >= 15 is 0 Å². The second-order valence-electron chi connectivity index (χ2n) is 10.9. The number of benzene rings is 4. The average Bonchev–Trinajstić information content (AvgIpc) is 3.37. The second-order valence-corrected chi connectivity index (χ2v) is 10.9. The minimum absolute atomic E-state index is 0.0268. The number of imidazole rings is 1. The molecule has 2 aliphatic rings. The Kier molecular flexibility index (Phi) is 6.64. The summed E-state index contributed by atoms with van der Waals surface area (Å²) in [5.41, 5.74) is 5.12. The quantitative estimate of drug-likeness (QED) is 0.242. The van der Waals surface area contributed by atoms with Crippen molar-refractivity contribution in [3.8, 4) is 0 Å². The number of rotatable bonds is 6. The minimum atomic E-state index is -0.379. The van der Waals surface area contributed by atoms with E-state index in [-0.39, 0.29) is 28.5 Å². The molecular formula is C33H30N6O3. The first-order valence-corrected chi connectivity index (χ1v) is 14.2. The Morgan fingerprint density at radius 2 is 1.64 bits per heavy atom. The number of nitrogens with zero attached hydrogens (tertiary/aromatic N) is 5. The number of non-ortho nitro benzene ring substituents is 1. The molecule has 42 heavy (non-hydrogen) atoms. The maximum absolute atomic E-state index is 12.7. The molecule has 1 aromatic heterocycles. The number of anilines is 1. The fourth-order valence-corrected chi connectivity index (χ4v) is 6.17. The van der Waals surface area contributed by atoms with Crippen LogP contribution in [0.1, 0.15) is 36.2 Å². The molecular weight excluding hydrogens is 528 g/mol. The van der Waals surface area contributed by atoms with Gasteiger partial charge in [0, 0.05) is 54.9 Å². The van der Waals surface area contributed by atoms with Gasteiger partial charge in [0.15, 0.2) is 6.17 Å². The first kappa shape index (κ1) is 25.9. The number of aromatic amines is 1. The van der Waals surface area contributed by atoms with Crippen LogP contribution in [0.4, 0.5) is 11.4 Å². The lowest BCUT2D eigenvalue weighted by Gasteiger charge is -2.33. The molecule has 1 N–H and O–H groups in total. The Labute approximate surface area is 241 Å². The number of hydrogen-bond donors (Lipinski definition) is 1. The lowest BCUT2D eigenvalue weighted by molar-refractivity contribution is -0.385. The molecule has 1 saturated heterocycles. The van der Waals surface area contributed by atoms with E-state index in [0.717, 1.165) is 65.3 Å². The first-order chi connectivity index (χ1) is 20.5. The van der Waals surface area contributed by atoms with Gasteiger partial charge >= 0.3 is 5.69 Å². The SMILES string of the molecule is O=c1[nH]c2ccccc2n1C1CCN(Cc2ccc(C3N=c4ccc([N+](=O)[O-])cc4=CN3c3ccccc3)cc2)CC1. The van der Waals surface area contributed by atoms with Gasteiger partial charge in [-0.2, -0.15) is 0 Å². The van der Waals surface area contributed by atoms with Crippen molar-refractivity contribution in [1.82, 2.24) is 14.5 Å². The Morgan fingerprint density at radius 1 is 0.905 bits per heavy atom. The van der Waals surface area contributed by atoms with Crippen LogP contribution in [-0.2, 0) is 6.54 Å². The lowest BCUT2D eigenvalue weighted by Crippen LogP contribution is -2.38. The fourth-order valence-electron chi connectivity index (χ4n) is 6.17. The van der Waals surface area contributed by atoms with Crippen LogP contribution in [0.5, 0.6) is 0 Å². The van der Waals surface area contributed by atoms with Gasteiger partial charge in [-0.25, -0.2) is 4.79 Å². The summed E-state index contributed by atoms with van der Waals surface area (Å²) < 4.78 is 1.93. The highest BCUT2D eigenvalue weighted by Crippen LogP contribution is 2.31. The summed E-state index contributed by atoms with van der Waals surface area (Å²) in [6, 6.07) is 31.4. The van der Waals surface area contributed by atoms with Crippen molar-refractivity contribution in [1.29, 1.82) is 0 Å². The van der Waals surface area contributed by atoms with Gasteiger partial charge in [0.25, 0.3) is 5.69 Å². The van der Waals surface area contributed by atoms with E-state index in [1.807, 2.05) is 65.4 Å². The van der Waals surface area contributed by atoms with Crippen molar-refractivity contribution in [3.05, 3.63) is 139 Å². The van der Waals surface area contributed by atoms with E-state index in [0.29, 0.717) is 0 Å². The third kappa shape index (κ3) is 4.88. The van der Waals surface area contributed by atoms with E-state index in [1.165, 1.54) is 11.6 Å². The van der Waals surface area contributed by atoms with Crippen LogP contribution in [0.15, 0.2) is 107 Å². The van der Waals surface area contributed by atoms with Crippen LogP contribution < -0.4 is 21.2 Å². The van der Waals surface area contributed by atoms with Crippen molar-refractivity contribution in [2.45, 2.75) is 31.6 Å². The smallest absolute Gasteiger partial charge is 0.321 e. The predicted octanol–water partition coefficient (Wildman–Crippen LogP) is 4.65.